The van der Waals surface area contributed by atoms with Gasteiger partial charge in [-0.05, 0) is 32.6 Å². The van der Waals surface area contributed by atoms with E-state index in [0.717, 1.165) is 38.7 Å². The topological polar surface area (TPSA) is 46.1 Å². The van der Waals surface area contributed by atoms with Crippen LogP contribution in [0, 0.1) is 11.3 Å². The van der Waals surface area contributed by atoms with Crippen LogP contribution in [0.3, 0.4) is 0 Å². The Labute approximate surface area is 140 Å². The number of hydrogen-bond donors (Lipinski definition) is 1. The number of hydrogen-bond acceptors (Lipinski definition) is 3. The molecule has 3 rings (SSSR count). The largest absolute Gasteiger partial charge is 0.381 e. The summed E-state index contributed by atoms with van der Waals surface area (Å²) < 4.78 is 11.5. The van der Waals surface area contributed by atoms with E-state index in [1.165, 1.54) is 32.1 Å². The van der Waals surface area contributed by atoms with E-state index >= 15 is 0 Å². The van der Waals surface area contributed by atoms with E-state index in [0.29, 0.717) is 23.5 Å². The molecule has 3 unspecified atom stereocenters. The average Bonchev–Trinajstić information content (AvgIpc) is 3.22. The second-order valence-corrected chi connectivity index (χ2v) is 7.47. The Morgan fingerprint density at radius 3 is 2.78 bits per heavy atom. The Morgan fingerprint density at radius 1 is 1.39 bits per heavy atom. The molecule has 5 nitrogen and oxygen atoms in total. The number of aliphatic imine (C=N–C) groups is 1. The first kappa shape index (κ1) is 17.0. The van der Waals surface area contributed by atoms with Gasteiger partial charge in [0, 0.05) is 51.2 Å². The third kappa shape index (κ3) is 3.36. The number of rotatable bonds is 5. The molecule has 1 N–H and O–H groups in total. The van der Waals surface area contributed by atoms with E-state index in [9.17, 15) is 0 Å². The molecule has 3 atom stereocenters. The number of nitrogens with one attached hydrogen (secondary N) is 1. The molecule has 1 saturated heterocycles. The molecule has 0 bridgehead atoms. The van der Waals surface area contributed by atoms with Crippen molar-refractivity contribution >= 4 is 5.96 Å². The van der Waals surface area contributed by atoms with Gasteiger partial charge < -0.3 is 19.7 Å². The summed E-state index contributed by atoms with van der Waals surface area (Å²) in [5, 5.41) is 3.75. The highest BCUT2D eigenvalue weighted by atomic mass is 16.5. The van der Waals surface area contributed by atoms with Crippen LogP contribution < -0.4 is 5.32 Å². The van der Waals surface area contributed by atoms with Crippen LogP contribution >= 0.6 is 0 Å². The lowest BCUT2D eigenvalue weighted by Gasteiger charge is -2.54. The molecule has 3 fully saturated rings. The molecule has 1 heterocycles. The minimum atomic E-state index is 0.350. The van der Waals surface area contributed by atoms with Gasteiger partial charge in [-0.3, -0.25) is 4.99 Å². The average molecular weight is 323 g/mol. The van der Waals surface area contributed by atoms with Crippen molar-refractivity contribution in [2.24, 2.45) is 16.3 Å². The summed E-state index contributed by atoms with van der Waals surface area (Å²) in [5.74, 6) is 1.67. The summed E-state index contributed by atoms with van der Waals surface area (Å²) in [5.41, 5.74) is 0.350. The van der Waals surface area contributed by atoms with Crippen molar-refractivity contribution in [2.45, 2.75) is 57.6 Å². The zero-order valence-corrected chi connectivity index (χ0v) is 15.0. The number of guanidine groups is 1. The van der Waals surface area contributed by atoms with E-state index in [2.05, 4.69) is 29.2 Å². The molecule has 5 heteroatoms. The first-order chi connectivity index (χ1) is 11.2. The van der Waals surface area contributed by atoms with Crippen molar-refractivity contribution in [1.82, 2.24) is 10.2 Å². The van der Waals surface area contributed by atoms with E-state index in [1.54, 1.807) is 0 Å². The summed E-state index contributed by atoms with van der Waals surface area (Å²) >= 11 is 0. The fraction of sp³-hybridized carbons (Fsp3) is 0.944. The molecule has 23 heavy (non-hydrogen) atoms. The molecular weight excluding hydrogens is 290 g/mol. The van der Waals surface area contributed by atoms with Crippen molar-refractivity contribution in [3.8, 4) is 0 Å². The van der Waals surface area contributed by atoms with Crippen LogP contribution in [0.25, 0.3) is 0 Å². The Morgan fingerprint density at radius 2 is 2.17 bits per heavy atom. The third-order valence-corrected chi connectivity index (χ3v) is 6.12. The van der Waals surface area contributed by atoms with Gasteiger partial charge >= 0.3 is 0 Å². The van der Waals surface area contributed by atoms with Crippen molar-refractivity contribution in [1.29, 1.82) is 0 Å². The molecule has 3 aliphatic rings. The molecule has 0 aromatic heterocycles. The Bertz CT molecular complexity index is 414. The van der Waals surface area contributed by atoms with Crippen molar-refractivity contribution < 1.29 is 9.47 Å². The van der Waals surface area contributed by atoms with E-state index in [-0.39, 0.29) is 0 Å². The molecule has 132 valence electrons. The Hall–Kier alpha value is -0.810. The van der Waals surface area contributed by atoms with Crippen LogP contribution in [-0.4, -0.2) is 63.5 Å². The van der Waals surface area contributed by atoms with E-state index < -0.39 is 0 Å². The van der Waals surface area contributed by atoms with Gasteiger partial charge in [0.1, 0.15) is 0 Å². The van der Waals surface area contributed by atoms with Crippen LogP contribution in [0.4, 0.5) is 0 Å². The molecular formula is C18H33N3O2. The van der Waals surface area contributed by atoms with Crippen LogP contribution in [0.5, 0.6) is 0 Å². The van der Waals surface area contributed by atoms with Crippen LogP contribution in [0.2, 0.25) is 0 Å². The van der Waals surface area contributed by atoms with Crippen LogP contribution in [0.1, 0.15) is 45.4 Å². The lowest BCUT2D eigenvalue weighted by molar-refractivity contribution is -0.126. The van der Waals surface area contributed by atoms with E-state index in [4.69, 9.17) is 9.47 Å². The SMILES string of the molecule is CCOC1CC(NC(=NC)N(C)CC2CCOC2)C12CCCC2. The summed E-state index contributed by atoms with van der Waals surface area (Å²) in [6.07, 6.45) is 8.01. The van der Waals surface area contributed by atoms with Crippen molar-refractivity contribution in [3.05, 3.63) is 0 Å². The first-order valence-electron chi connectivity index (χ1n) is 9.33. The molecule has 0 aromatic carbocycles. The molecule has 0 amide bonds. The fourth-order valence-electron chi connectivity index (χ4n) is 4.79. The lowest BCUT2D eigenvalue weighted by Crippen LogP contribution is -2.65. The van der Waals surface area contributed by atoms with Crippen molar-refractivity contribution in [3.63, 3.8) is 0 Å². The Kier molecular flexibility index (Phi) is 5.47. The quantitative estimate of drug-likeness (QED) is 0.623. The summed E-state index contributed by atoms with van der Waals surface area (Å²) in [7, 11) is 4.04. The molecule has 1 spiro atoms. The van der Waals surface area contributed by atoms with Gasteiger partial charge in [0.25, 0.3) is 0 Å². The highest BCUT2D eigenvalue weighted by molar-refractivity contribution is 5.80. The third-order valence-electron chi connectivity index (χ3n) is 6.12. The van der Waals surface area contributed by atoms with Gasteiger partial charge in [0.05, 0.1) is 12.7 Å². The van der Waals surface area contributed by atoms with Crippen LogP contribution in [-0.2, 0) is 9.47 Å². The van der Waals surface area contributed by atoms with Gasteiger partial charge in [0.15, 0.2) is 5.96 Å². The predicted octanol–water partition coefficient (Wildman–Crippen LogP) is 2.27. The molecule has 0 aromatic rings. The van der Waals surface area contributed by atoms with Crippen LogP contribution in [0.15, 0.2) is 4.99 Å². The van der Waals surface area contributed by atoms with Gasteiger partial charge in [-0.15, -0.1) is 0 Å². The minimum Gasteiger partial charge on any atom is -0.381 e. The lowest BCUT2D eigenvalue weighted by atomic mass is 9.60. The number of ether oxygens (including phenoxy) is 2. The zero-order chi connectivity index (χ0) is 16.3. The van der Waals surface area contributed by atoms with Gasteiger partial charge in [-0.1, -0.05) is 12.8 Å². The standard InChI is InChI=1S/C18H33N3O2/c1-4-23-16-11-15(18(16)8-5-6-9-18)20-17(19-2)21(3)12-14-7-10-22-13-14/h14-16H,4-13H2,1-3H3,(H,19,20). The smallest absolute Gasteiger partial charge is 0.193 e. The minimum absolute atomic E-state index is 0.350. The maximum atomic E-state index is 6.02. The molecule has 2 aliphatic carbocycles. The molecule has 2 saturated carbocycles. The highest BCUT2D eigenvalue weighted by Crippen LogP contribution is 2.54. The monoisotopic (exact) mass is 323 g/mol. The highest BCUT2D eigenvalue weighted by Gasteiger charge is 2.57. The zero-order valence-electron chi connectivity index (χ0n) is 15.0. The summed E-state index contributed by atoms with van der Waals surface area (Å²) in [6, 6.07) is 0.516. The fourth-order valence-corrected chi connectivity index (χ4v) is 4.79. The van der Waals surface area contributed by atoms with E-state index in [1.807, 2.05) is 7.05 Å². The molecule has 0 radical (unpaired) electrons. The first-order valence-corrected chi connectivity index (χ1v) is 9.33. The normalized spacial score (nSPS) is 33.0. The van der Waals surface area contributed by atoms with Crippen molar-refractivity contribution in [2.75, 3.05) is 40.5 Å². The van der Waals surface area contributed by atoms with Gasteiger partial charge in [0.2, 0.25) is 0 Å². The maximum absolute atomic E-state index is 6.02. The maximum Gasteiger partial charge on any atom is 0.193 e. The Balaban J connectivity index is 1.58. The summed E-state index contributed by atoms with van der Waals surface area (Å²) in [4.78, 5) is 6.80. The molecule has 1 aliphatic heterocycles. The second kappa shape index (κ2) is 7.39. The predicted molar refractivity (Wildman–Crippen MR) is 92.8 cm³/mol. The van der Waals surface area contributed by atoms with Gasteiger partial charge in [-0.2, -0.15) is 0 Å². The summed E-state index contributed by atoms with van der Waals surface area (Å²) in [6.45, 7) is 5.76. The van der Waals surface area contributed by atoms with Gasteiger partial charge in [-0.25, -0.2) is 0 Å². The number of nitrogens with zero attached hydrogens (tertiary/aromatic N) is 2. The second-order valence-electron chi connectivity index (χ2n) is 7.47.